The number of thiophene rings is 1. The zero-order valence-corrected chi connectivity index (χ0v) is 14.8. The summed E-state index contributed by atoms with van der Waals surface area (Å²) >= 11 is 2.97. The average Bonchev–Trinajstić information content (AvgIpc) is 3.22. The molecule has 6 heteroatoms. The van der Waals surface area contributed by atoms with Crippen LogP contribution in [0.5, 0.6) is 0 Å². The average molecular weight is 354 g/mol. The van der Waals surface area contributed by atoms with Gasteiger partial charge in [-0.1, -0.05) is 12.1 Å². The minimum atomic E-state index is -0.317. The van der Waals surface area contributed by atoms with E-state index >= 15 is 0 Å². The third-order valence-corrected chi connectivity index (χ3v) is 5.81. The van der Waals surface area contributed by atoms with Crippen LogP contribution in [0.3, 0.4) is 0 Å². The summed E-state index contributed by atoms with van der Waals surface area (Å²) in [5.74, 6) is -0.317. The predicted molar refractivity (Wildman–Crippen MR) is 96.3 cm³/mol. The Balaban J connectivity index is 1.89. The van der Waals surface area contributed by atoms with E-state index in [-0.39, 0.29) is 5.97 Å². The van der Waals surface area contributed by atoms with Crippen molar-refractivity contribution in [2.75, 3.05) is 6.61 Å². The number of hydrogen-bond donors (Lipinski definition) is 0. The summed E-state index contributed by atoms with van der Waals surface area (Å²) < 4.78 is 5.06. The minimum absolute atomic E-state index is 0.317. The molecule has 0 saturated heterocycles. The Bertz CT molecular complexity index is 917. The number of carbonyl (C=O) groups is 1. The van der Waals surface area contributed by atoms with Crippen LogP contribution in [0.4, 0.5) is 0 Å². The topological polar surface area (TPSA) is 63.0 Å². The first-order valence-electron chi connectivity index (χ1n) is 7.37. The van der Waals surface area contributed by atoms with Crippen molar-refractivity contribution in [3.05, 3.63) is 52.5 Å². The third kappa shape index (κ3) is 3.23. The lowest BCUT2D eigenvalue weighted by Crippen LogP contribution is -2.03. The molecule has 0 fully saturated rings. The maximum absolute atomic E-state index is 11.9. The lowest BCUT2D eigenvalue weighted by Gasteiger charge is -1.97. The number of ether oxygens (including phenoxy) is 1. The molecule has 0 amide bonds. The van der Waals surface area contributed by atoms with Gasteiger partial charge in [-0.15, -0.1) is 22.7 Å². The molecule has 0 N–H and O–H groups in total. The number of aromatic nitrogens is 1. The second-order valence-corrected chi connectivity index (χ2v) is 7.09. The number of thiazole rings is 1. The molecule has 0 aliphatic heterocycles. The van der Waals surface area contributed by atoms with Crippen LogP contribution in [-0.2, 0) is 4.74 Å². The van der Waals surface area contributed by atoms with Gasteiger partial charge in [0, 0.05) is 4.88 Å². The van der Waals surface area contributed by atoms with Crippen molar-refractivity contribution in [1.29, 1.82) is 5.26 Å². The van der Waals surface area contributed by atoms with E-state index < -0.39 is 0 Å². The number of hydrogen-bond acceptors (Lipinski definition) is 6. The van der Waals surface area contributed by atoms with Crippen LogP contribution in [0.2, 0.25) is 0 Å². The summed E-state index contributed by atoms with van der Waals surface area (Å²) in [5, 5.41) is 9.69. The van der Waals surface area contributed by atoms with Gasteiger partial charge in [0.05, 0.1) is 28.8 Å². The van der Waals surface area contributed by atoms with Gasteiger partial charge in [0.15, 0.2) is 0 Å². The van der Waals surface area contributed by atoms with E-state index in [9.17, 15) is 4.79 Å². The standard InChI is InChI=1S/C18H14N2O2S2/c1-3-22-18(21)16-11(2)20-17(24-16)15-9-8-14(23-15)13-6-4-12(10-19)5-7-13/h4-9H,3H2,1-2H3. The maximum atomic E-state index is 11.9. The zero-order valence-electron chi connectivity index (χ0n) is 13.2. The van der Waals surface area contributed by atoms with Gasteiger partial charge in [-0.25, -0.2) is 9.78 Å². The maximum Gasteiger partial charge on any atom is 0.350 e. The molecule has 0 spiro atoms. The highest BCUT2D eigenvalue weighted by molar-refractivity contribution is 7.24. The fourth-order valence-electron chi connectivity index (χ4n) is 2.20. The Morgan fingerprint density at radius 2 is 1.88 bits per heavy atom. The number of aryl methyl sites for hydroxylation is 1. The van der Waals surface area contributed by atoms with Crippen LogP contribution < -0.4 is 0 Å². The summed E-state index contributed by atoms with van der Waals surface area (Å²) in [6.07, 6.45) is 0. The van der Waals surface area contributed by atoms with Gasteiger partial charge in [-0.3, -0.25) is 0 Å². The van der Waals surface area contributed by atoms with Gasteiger partial charge in [0.25, 0.3) is 0 Å². The number of nitrogens with zero attached hydrogens (tertiary/aromatic N) is 2. The molecule has 3 rings (SSSR count). The molecule has 0 radical (unpaired) electrons. The van der Waals surface area contributed by atoms with E-state index in [0.717, 1.165) is 20.3 Å². The van der Waals surface area contributed by atoms with Crippen molar-refractivity contribution in [1.82, 2.24) is 4.98 Å². The fraction of sp³-hybridized carbons (Fsp3) is 0.167. The number of esters is 1. The molecule has 0 bridgehead atoms. The molecular weight excluding hydrogens is 340 g/mol. The molecular formula is C18H14N2O2S2. The second kappa shape index (κ2) is 6.95. The first-order valence-corrected chi connectivity index (χ1v) is 9.01. The van der Waals surface area contributed by atoms with E-state index in [1.165, 1.54) is 11.3 Å². The van der Waals surface area contributed by atoms with Crippen molar-refractivity contribution in [3.8, 4) is 26.4 Å². The highest BCUT2D eigenvalue weighted by atomic mass is 32.1. The van der Waals surface area contributed by atoms with Crippen molar-refractivity contribution in [2.24, 2.45) is 0 Å². The fourth-order valence-corrected chi connectivity index (χ4v) is 4.23. The van der Waals surface area contributed by atoms with E-state index in [1.807, 2.05) is 31.2 Å². The van der Waals surface area contributed by atoms with E-state index in [4.69, 9.17) is 10.00 Å². The SMILES string of the molecule is CCOC(=O)c1sc(-c2ccc(-c3ccc(C#N)cc3)s2)nc1C. The summed E-state index contributed by atoms with van der Waals surface area (Å²) in [7, 11) is 0. The van der Waals surface area contributed by atoms with E-state index in [2.05, 4.69) is 11.1 Å². The quantitative estimate of drug-likeness (QED) is 0.625. The lowest BCUT2D eigenvalue weighted by atomic mass is 10.1. The van der Waals surface area contributed by atoms with E-state index in [0.29, 0.717) is 22.7 Å². The van der Waals surface area contributed by atoms with Gasteiger partial charge in [0.2, 0.25) is 0 Å². The lowest BCUT2D eigenvalue weighted by molar-refractivity contribution is 0.0531. The second-order valence-electron chi connectivity index (χ2n) is 5.01. The highest BCUT2D eigenvalue weighted by Gasteiger charge is 2.18. The molecule has 4 nitrogen and oxygen atoms in total. The largest absolute Gasteiger partial charge is 0.462 e. The smallest absolute Gasteiger partial charge is 0.350 e. The van der Waals surface area contributed by atoms with Gasteiger partial charge >= 0.3 is 5.97 Å². The van der Waals surface area contributed by atoms with Gasteiger partial charge in [0.1, 0.15) is 9.88 Å². The molecule has 120 valence electrons. The third-order valence-electron chi connectivity index (χ3n) is 3.37. The minimum Gasteiger partial charge on any atom is -0.462 e. The molecule has 2 aromatic heterocycles. The first-order chi connectivity index (χ1) is 11.6. The predicted octanol–water partition coefficient (Wildman–Crippen LogP) is 4.90. The zero-order chi connectivity index (χ0) is 17.1. The van der Waals surface area contributed by atoms with Crippen LogP contribution in [0, 0.1) is 18.3 Å². The number of benzene rings is 1. The normalized spacial score (nSPS) is 10.4. The Hall–Kier alpha value is -2.49. The first kappa shape index (κ1) is 16.4. The monoisotopic (exact) mass is 354 g/mol. The number of rotatable bonds is 4. The van der Waals surface area contributed by atoms with Crippen molar-refractivity contribution in [3.63, 3.8) is 0 Å². The Morgan fingerprint density at radius 1 is 1.17 bits per heavy atom. The van der Waals surface area contributed by atoms with Crippen LogP contribution in [0.25, 0.3) is 20.3 Å². The molecule has 1 aromatic carbocycles. The summed E-state index contributed by atoms with van der Waals surface area (Å²) in [6, 6.07) is 13.6. The summed E-state index contributed by atoms with van der Waals surface area (Å²) in [4.78, 5) is 19.1. The van der Waals surface area contributed by atoms with Gasteiger partial charge < -0.3 is 4.74 Å². The number of nitriles is 1. The highest BCUT2D eigenvalue weighted by Crippen LogP contribution is 2.37. The Labute approximate surface area is 148 Å². The van der Waals surface area contributed by atoms with Crippen LogP contribution >= 0.6 is 22.7 Å². The van der Waals surface area contributed by atoms with Crippen molar-refractivity contribution in [2.45, 2.75) is 13.8 Å². The van der Waals surface area contributed by atoms with Crippen molar-refractivity contribution >= 4 is 28.6 Å². The van der Waals surface area contributed by atoms with Crippen molar-refractivity contribution < 1.29 is 9.53 Å². The van der Waals surface area contributed by atoms with E-state index in [1.54, 1.807) is 30.4 Å². The molecule has 2 heterocycles. The molecule has 0 aliphatic carbocycles. The molecule has 0 atom stereocenters. The van der Waals surface area contributed by atoms with Gasteiger partial charge in [-0.2, -0.15) is 5.26 Å². The summed E-state index contributed by atoms with van der Waals surface area (Å²) in [5.41, 5.74) is 2.40. The molecule has 0 saturated carbocycles. The van der Waals surface area contributed by atoms with Crippen LogP contribution in [0.1, 0.15) is 27.9 Å². The molecule has 0 unspecified atom stereocenters. The molecule has 24 heavy (non-hydrogen) atoms. The Morgan fingerprint density at radius 3 is 2.54 bits per heavy atom. The van der Waals surface area contributed by atoms with Gasteiger partial charge in [-0.05, 0) is 43.7 Å². The molecule has 3 aromatic rings. The van der Waals surface area contributed by atoms with Crippen LogP contribution in [0.15, 0.2) is 36.4 Å². The summed E-state index contributed by atoms with van der Waals surface area (Å²) in [6.45, 7) is 3.97. The molecule has 0 aliphatic rings. The van der Waals surface area contributed by atoms with Crippen LogP contribution in [-0.4, -0.2) is 17.6 Å². The number of carbonyl (C=O) groups excluding carboxylic acids is 1. The Kier molecular flexibility index (Phi) is 4.74.